The van der Waals surface area contributed by atoms with Crippen LogP contribution in [0.1, 0.15) is 26.0 Å². The van der Waals surface area contributed by atoms with Crippen LogP contribution in [0.2, 0.25) is 0 Å². The molecule has 0 radical (unpaired) electrons. The highest BCUT2D eigenvalue weighted by molar-refractivity contribution is 7.15. The summed E-state index contributed by atoms with van der Waals surface area (Å²) in [6.45, 7) is 6.75. The van der Waals surface area contributed by atoms with E-state index >= 15 is 0 Å². The molecule has 0 saturated heterocycles. The van der Waals surface area contributed by atoms with Gasteiger partial charge in [-0.3, -0.25) is 9.20 Å². The van der Waals surface area contributed by atoms with Gasteiger partial charge < -0.3 is 15.5 Å². The fraction of sp³-hybridized carbons (Fsp3) is 0.571. The van der Waals surface area contributed by atoms with Gasteiger partial charge in [0.25, 0.3) is 0 Å². The molecule has 2 rings (SSSR count). The Bertz CT molecular complexity index is 591. The molecule has 0 fully saturated rings. The fourth-order valence-corrected chi connectivity index (χ4v) is 2.95. The Morgan fingerprint density at radius 1 is 1.48 bits per heavy atom. The predicted octanol–water partition coefficient (Wildman–Crippen LogP) is 1.47. The first kappa shape index (κ1) is 15.8. The largest absolute Gasteiger partial charge is 0.355 e. The first-order valence-corrected chi connectivity index (χ1v) is 8.18. The highest BCUT2D eigenvalue weighted by Crippen LogP contribution is 2.23. The second kappa shape index (κ2) is 7.42. The normalized spacial score (nSPS) is 11.0. The number of hydrogen-bond acceptors (Lipinski definition) is 5. The Labute approximate surface area is 129 Å². The standard InChI is InChI=1S/C14H23N5OS/c1-4-6-15-9-11-13(17-14-19(11)7-8-21-14)18(3)10-12(20)16-5-2/h7-8,15H,4-6,9-10H2,1-3H3,(H,16,20). The number of rotatable bonds is 8. The predicted molar refractivity (Wildman–Crippen MR) is 87.0 cm³/mol. The van der Waals surface area contributed by atoms with Crippen LogP contribution in [0.4, 0.5) is 5.82 Å². The van der Waals surface area contributed by atoms with Crippen molar-refractivity contribution in [2.24, 2.45) is 0 Å². The summed E-state index contributed by atoms with van der Waals surface area (Å²) in [5.41, 5.74) is 1.10. The minimum absolute atomic E-state index is 0.0174. The minimum atomic E-state index is 0.0174. The lowest BCUT2D eigenvalue weighted by molar-refractivity contribution is -0.119. The molecule has 0 spiro atoms. The van der Waals surface area contributed by atoms with E-state index in [-0.39, 0.29) is 5.91 Å². The molecule has 0 aliphatic heterocycles. The first-order chi connectivity index (χ1) is 10.2. The molecule has 2 aromatic rings. The maximum atomic E-state index is 11.8. The lowest BCUT2D eigenvalue weighted by atomic mass is 10.3. The Kier molecular flexibility index (Phi) is 5.58. The van der Waals surface area contributed by atoms with Gasteiger partial charge in [-0.1, -0.05) is 6.92 Å². The number of imidazole rings is 1. The van der Waals surface area contributed by atoms with Crippen LogP contribution in [-0.4, -0.2) is 42.0 Å². The van der Waals surface area contributed by atoms with E-state index in [1.807, 2.05) is 30.4 Å². The molecule has 0 bridgehead atoms. The third-order valence-corrected chi connectivity index (χ3v) is 3.93. The second-order valence-electron chi connectivity index (χ2n) is 4.92. The van der Waals surface area contributed by atoms with Crippen LogP contribution in [0.15, 0.2) is 11.6 Å². The highest BCUT2D eigenvalue weighted by Gasteiger charge is 2.17. The van der Waals surface area contributed by atoms with Crippen molar-refractivity contribution in [1.82, 2.24) is 20.0 Å². The van der Waals surface area contributed by atoms with Crippen molar-refractivity contribution in [3.63, 3.8) is 0 Å². The zero-order chi connectivity index (χ0) is 15.2. The number of fused-ring (bicyclic) bond motifs is 1. The van der Waals surface area contributed by atoms with E-state index in [1.54, 1.807) is 11.3 Å². The summed E-state index contributed by atoms with van der Waals surface area (Å²) in [7, 11) is 1.91. The average molecular weight is 309 g/mol. The molecule has 0 saturated carbocycles. The molecule has 2 aromatic heterocycles. The quantitative estimate of drug-likeness (QED) is 0.725. The topological polar surface area (TPSA) is 61.7 Å². The molecule has 0 unspecified atom stereocenters. The molecular formula is C14H23N5OS. The van der Waals surface area contributed by atoms with Gasteiger partial charge in [-0.2, -0.15) is 0 Å². The number of carbonyl (C=O) groups is 1. The second-order valence-corrected chi connectivity index (χ2v) is 5.80. The summed E-state index contributed by atoms with van der Waals surface area (Å²) < 4.78 is 2.09. The monoisotopic (exact) mass is 309 g/mol. The van der Waals surface area contributed by atoms with Gasteiger partial charge in [0.1, 0.15) is 0 Å². The molecule has 0 aliphatic carbocycles. The van der Waals surface area contributed by atoms with Gasteiger partial charge in [0.05, 0.1) is 12.2 Å². The summed E-state index contributed by atoms with van der Waals surface area (Å²) in [4.78, 5) is 19.3. The van der Waals surface area contributed by atoms with Crippen LogP contribution in [-0.2, 0) is 11.3 Å². The van der Waals surface area contributed by atoms with E-state index in [0.29, 0.717) is 13.1 Å². The van der Waals surface area contributed by atoms with E-state index in [0.717, 1.165) is 36.0 Å². The average Bonchev–Trinajstić information content (AvgIpc) is 3.01. The number of carbonyl (C=O) groups excluding carboxylic acids is 1. The van der Waals surface area contributed by atoms with Gasteiger partial charge in [0.2, 0.25) is 5.91 Å². The van der Waals surface area contributed by atoms with E-state index in [4.69, 9.17) is 0 Å². The Hall–Kier alpha value is -1.60. The Morgan fingerprint density at radius 2 is 2.29 bits per heavy atom. The lowest BCUT2D eigenvalue weighted by Crippen LogP contribution is -2.35. The van der Waals surface area contributed by atoms with Gasteiger partial charge in [-0.25, -0.2) is 4.98 Å². The van der Waals surface area contributed by atoms with Crippen molar-refractivity contribution in [3.8, 4) is 0 Å². The number of anilines is 1. The van der Waals surface area contributed by atoms with Crippen LogP contribution >= 0.6 is 11.3 Å². The van der Waals surface area contributed by atoms with Gasteiger partial charge in [-0.15, -0.1) is 11.3 Å². The summed E-state index contributed by atoms with van der Waals surface area (Å²) in [6.07, 6.45) is 3.12. The number of hydrogen-bond donors (Lipinski definition) is 2. The Balaban J connectivity index is 2.18. The molecule has 7 heteroatoms. The minimum Gasteiger partial charge on any atom is -0.355 e. The maximum absolute atomic E-state index is 11.8. The molecule has 2 N–H and O–H groups in total. The summed E-state index contributed by atoms with van der Waals surface area (Å²) in [5, 5.41) is 8.25. The Morgan fingerprint density at radius 3 is 3.00 bits per heavy atom. The first-order valence-electron chi connectivity index (χ1n) is 7.30. The van der Waals surface area contributed by atoms with E-state index in [9.17, 15) is 4.79 Å². The molecule has 0 atom stereocenters. The van der Waals surface area contributed by atoms with Crippen LogP contribution in [0, 0.1) is 0 Å². The number of amides is 1. The number of nitrogens with zero attached hydrogens (tertiary/aromatic N) is 3. The van der Waals surface area contributed by atoms with Gasteiger partial charge in [0.15, 0.2) is 10.8 Å². The van der Waals surface area contributed by atoms with Crippen molar-refractivity contribution in [1.29, 1.82) is 0 Å². The van der Waals surface area contributed by atoms with E-state index in [1.165, 1.54) is 0 Å². The lowest BCUT2D eigenvalue weighted by Gasteiger charge is -2.18. The molecule has 6 nitrogen and oxygen atoms in total. The van der Waals surface area contributed by atoms with E-state index < -0.39 is 0 Å². The molecule has 116 valence electrons. The van der Waals surface area contributed by atoms with Crippen molar-refractivity contribution in [2.45, 2.75) is 26.8 Å². The van der Waals surface area contributed by atoms with Gasteiger partial charge in [0, 0.05) is 31.7 Å². The summed E-state index contributed by atoms with van der Waals surface area (Å²) in [5.74, 6) is 0.889. The van der Waals surface area contributed by atoms with Crippen molar-refractivity contribution >= 4 is 28.0 Å². The molecule has 0 aliphatic rings. The van der Waals surface area contributed by atoms with Gasteiger partial charge >= 0.3 is 0 Å². The van der Waals surface area contributed by atoms with Crippen molar-refractivity contribution in [2.75, 3.05) is 31.6 Å². The third-order valence-electron chi connectivity index (χ3n) is 3.18. The molecular weight excluding hydrogens is 286 g/mol. The number of thiazole rings is 1. The van der Waals surface area contributed by atoms with Crippen LogP contribution in [0.5, 0.6) is 0 Å². The van der Waals surface area contributed by atoms with Crippen molar-refractivity contribution in [3.05, 3.63) is 17.3 Å². The van der Waals surface area contributed by atoms with Crippen LogP contribution < -0.4 is 15.5 Å². The molecule has 0 aromatic carbocycles. The maximum Gasteiger partial charge on any atom is 0.239 e. The number of aromatic nitrogens is 2. The number of nitrogens with one attached hydrogen (secondary N) is 2. The molecule has 2 heterocycles. The van der Waals surface area contributed by atoms with Crippen LogP contribution in [0.25, 0.3) is 4.96 Å². The fourth-order valence-electron chi connectivity index (χ4n) is 2.22. The molecule has 1 amide bonds. The zero-order valence-corrected chi connectivity index (χ0v) is 13.7. The molecule has 21 heavy (non-hydrogen) atoms. The highest BCUT2D eigenvalue weighted by atomic mass is 32.1. The third kappa shape index (κ3) is 3.74. The number of likely N-dealkylation sites (N-methyl/N-ethyl adjacent to an activating group) is 2. The zero-order valence-electron chi connectivity index (χ0n) is 12.8. The SMILES string of the molecule is CCCNCc1c(N(C)CC(=O)NCC)nc2sccn12. The van der Waals surface area contributed by atoms with Crippen LogP contribution in [0.3, 0.4) is 0 Å². The van der Waals surface area contributed by atoms with Gasteiger partial charge in [-0.05, 0) is 19.9 Å². The summed E-state index contributed by atoms with van der Waals surface area (Å²) >= 11 is 1.60. The smallest absolute Gasteiger partial charge is 0.239 e. The van der Waals surface area contributed by atoms with Crippen molar-refractivity contribution < 1.29 is 4.79 Å². The summed E-state index contributed by atoms with van der Waals surface area (Å²) in [6, 6.07) is 0. The van der Waals surface area contributed by atoms with E-state index in [2.05, 4.69) is 26.9 Å².